The molecule has 5 heteroatoms. The molecule has 0 fully saturated rings. The highest BCUT2D eigenvalue weighted by atomic mass is 16.1. The second kappa shape index (κ2) is 6.14. The number of hydrogen-bond acceptors (Lipinski definition) is 4. The zero-order chi connectivity index (χ0) is 14.5. The summed E-state index contributed by atoms with van der Waals surface area (Å²) in [5.74, 6) is -0.325. The largest absolute Gasteiger partial charge is 0.377 e. The highest BCUT2D eigenvalue weighted by molar-refractivity contribution is 5.76. The molecule has 0 saturated carbocycles. The lowest BCUT2D eigenvalue weighted by atomic mass is 10.1. The summed E-state index contributed by atoms with van der Waals surface area (Å²) in [4.78, 5) is 19.4. The third-order valence-electron chi connectivity index (χ3n) is 3.04. The molecule has 0 radical (unpaired) electrons. The molecule has 1 heterocycles. The van der Waals surface area contributed by atoms with Gasteiger partial charge in [-0.25, -0.2) is 0 Å². The minimum absolute atomic E-state index is 0.0608. The number of nitrogens with one attached hydrogen (secondary N) is 1. The maximum Gasteiger partial charge on any atom is 0.221 e. The van der Waals surface area contributed by atoms with Crippen LogP contribution in [-0.4, -0.2) is 15.9 Å². The van der Waals surface area contributed by atoms with E-state index in [1.807, 2.05) is 38.1 Å². The van der Waals surface area contributed by atoms with Crippen LogP contribution in [0, 0.1) is 6.92 Å². The highest BCUT2D eigenvalue weighted by Crippen LogP contribution is 2.19. The number of aryl methyl sites for hydroxylation is 1. The smallest absolute Gasteiger partial charge is 0.221 e. The van der Waals surface area contributed by atoms with Gasteiger partial charge in [0, 0.05) is 18.1 Å². The molecule has 2 aromatic rings. The van der Waals surface area contributed by atoms with E-state index >= 15 is 0 Å². The van der Waals surface area contributed by atoms with Crippen LogP contribution in [0.3, 0.4) is 0 Å². The second-order valence-corrected chi connectivity index (χ2v) is 4.73. The maximum atomic E-state index is 10.8. The van der Waals surface area contributed by atoms with Crippen molar-refractivity contribution in [1.29, 1.82) is 0 Å². The zero-order valence-corrected chi connectivity index (χ0v) is 11.6. The predicted octanol–water partition coefficient (Wildman–Crippen LogP) is 1.99. The summed E-state index contributed by atoms with van der Waals surface area (Å²) >= 11 is 0. The quantitative estimate of drug-likeness (QED) is 0.870. The minimum Gasteiger partial charge on any atom is -0.377 e. The normalized spacial score (nSPS) is 11.9. The van der Waals surface area contributed by atoms with Gasteiger partial charge in [-0.1, -0.05) is 12.1 Å². The molecule has 0 bridgehead atoms. The van der Waals surface area contributed by atoms with Gasteiger partial charge >= 0.3 is 0 Å². The number of carbonyl (C=O) groups excluding carboxylic acids is 1. The third-order valence-corrected chi connectivity index (χ3v) is 3.04. The summed E-state index contributed by atoms with van der Waals surface area (Å²) < 4.78 is 0. The van der Waals surface area contributed by atoms with E-state index in [4.69, 9.17) is 5.73 Å². The van der Waals surface area contributed by atoms with Crippen LogP contribution in [0.4, 0.5) is 5.69 Å². The first-order valence-electron chi connectivity index (χ1n) is 6.47. The summed E-state index contributed by atoms with van der Waals surface area (Å²) in [7, 11) is 0. The lowest BCUT2D eigenvalue weighted by Crippen LogP contribution is -2.14. The summed E-state index contributed by atoms with van der Waals surface area (Å²) in [5.41, 5.74) is 8.88. The van der Waals surface area contributed by atoms with Gasteiger partial charge in [0.05, 0.1) is 23.9 Å². The molecule has 1 aromatic heterocycles. The molecular formula is C15H18N4O. The molecule has 0 aliphatic carbocycles. The number of hydrogen-bond donors (Lipinski definition) is 2. The van der Waals surface area contributed by atoms with E-state index in [9.17, 15) is 4.79 Å². The number of anilines is 1. The molecule has 0 aliphatic heterocycles. The van der Waals surface area contributed by atoms with Gasteiger partial charge in [-0.05, 0) is 31.5 Å². The zero-order valence-electron chi connectivity index (χ0n) is 11.6. The van der Waals surface area contributed by atoms with Crippen LogP contribution in [0.25, 0.3) is 0 Å². The van der Waals surface area contributed by atoms with Crippen molar-refractivity contribution >= 4 is 11.6 Å². The Kier molecular flexibility index (Phi) is 4.30. The molecule has 1 amide bonds. The summed E-state index contributed by atoms with van der Waals surface area (Å²) in [5, 5.41) is 3.36. The first-order chi connectivity index (χ1) is 9.56. The van der Waals surface area contributed by atoms with Crippen LogP contribution in [0.1, 0.15) is 29.9 Å². The fourth-order valence-corrected chi connectivity index (χ4v) is 2.08. The van der Waals surface area contributed by atoms with Crippen molar-refractivity contribution in [1.82, 2.24) is 9.97 Å². The molecule has 0 saturated heterocycles. The van der Waals surface area contributed by atoms with Gasteiger partial charge < -0.3 is 11.1 Å². The molecule has 104 valence electrons. The number of rotatable bonds is 5. The van der Waals surface area contributed by atoms with Crippen LogP contribution in [0.15, 0.2) is 36.7 Å². The molecule has 3 N–H and O–H groups in total. The Bertz CT molecular complexity index is 595. The van der Waals surface area contributed by atoms with Crippen LogP contribution in [0.5, 0.6) is 0 Å². The molecule has 0 spiro atoms. The Hall–Kier alpha value is -2.43. The number of carbonyl (C=O) groups is 1. The Morgan fingerprint density at radius 3 is 2.50 bits per heavy atom. The van der Waals surface area contributed by atoms with Crippen LogP contribution >= 0.6 is 0 Å². The molecule has 5 nitrogen and oxygen atoms in total. The molecule has 2 rings (SSSR count). The predicted molar refractivity (Wildman–Crippen MR) is 78.1 cm³/mol. The molecule has 0 aliphatic rings. The van der Waals surface area contributed by atoms with Crippen molar-refractivity contribution in [3.8, 4) is 0 Å². The first-order valence-corrected chi connectivity index (χ1v) is 6.47. The highest BCUT2D eigenvalue weighted by Gasteiger charge is 2.10. The number of nitrogens with two attached hydrogens (primary N) is 1. The number of benzene rings is 1. The standard InChI is InChI=1S/C15H18N4O/c1-10-15(18-8-7-17-10)11(2)19-13-5-3-12(4-6-13)9-14(16)20/h3-8,11,19H,9H2,1-2H3,(H2,16,20). The average molecular weight is 270 g/mol. The van der Waals surface area contributed by atoms with Gasteiger partial charge in [0.15, 0.2) is 0 Å². The first kappa shape index (κ1) is 14.0. The summed E-state index contributed by atoms with van der Waals surface area (Å²) in [6.45, 7) is 3.98. The van der Waals surface area contributed by atoms with Crippen LogP contribution < -0.4 is 11.1 Å². The fraction of sp³-hybridized carbons (Fsp3) is 0.267. The Morgan fingerprint density at radius 1 is 1.25 bits per heavy atom. The summed E-state index contributed by atoms with van der Waals surface area (Å²) in [6, 6.07) is 7.71. The second-order valence-electron chi connectivity index (χ2n) is 4.73. The lowest BCUT2D eigenvalue weighted by molar-refractivity contribution is -0.117. The van der Waals surface area contributed by atoms with Gasteiger partial charge in [-0.15, -0.1) is 0 Å². The van der Waals surface area contributed by atoms with Gasteiger partial charge in [0.2, 0.25) is 5.91 Å². The lowest BCUT2D eigenvalue weighted by Gasteiger charge is -2.16. The maximum absolute atomic E-state index is 10.8. The third kappa shape index (κ3) is 3.54. The van der Waals surface area contributed by atoms with E-state index in [0.29, 0.717) is 0 Å². The van der Waals surface area contributed by atoms with Crippen molar-refractivity contribution in [2.45, 2.75) is 26.3 Å². The minimum atomic E-state index is -0.325. The van der Waals surface area contributed by atoms with E-state index in [1.54, 1.807) is 12.4 Å². The van der Waals surface area contributed by atoms with E-state index in [0.717, 1.165) is 22.6 Å². The van der Waals surface area contributed by atoms with E-state index in [2.05, 4.69) is 15.3 Å². The van der Waals surface area contributed by atoms with Crippen molar-refractivity contribution in [2.24, 2.45) is 5.73 Å². The monoisotopic (exact) mass is 270 g/mol. The Balaban J connectivity index is 2.06. The van der Waals surface area contributed by atoms with Crippen molar-refractivity contribution in [2.75, 3.05) is 5.32 Å². The molecular weight excluding hydrogens is 252 g/mol. The number of amides is 1. The number of aromatic nitrogens is 2. The average Bonchev–Trinajstić information content (AvgIpc) is 2.41. The Labute approximate surface area is 118 Å². The van der Waals surface area contributed by atoms with Gasteiger partial charge in [0.1, 0.15) is 0 Å². The molecule has 1 unspecified atom stereocenters. The summed E-state index contributed by atoms with van der Waals surface area (Å²) in [6.07, 6.45) is 3.64. The topological polar surface area (TPSA) is 80.9 Å². The SMILES string of the molecule is Cc1nccnc1C(C)Nc1ccc(CC(N)=O)cc1. The van der Waals surface area contributed by atoms with E-state index < -0.39 is 0 Å². The van der Waals surface area contributed by atoms with Crippen LogP contribution in [0.2, 0.25) is 0 Å². The van der Waals surface area contributed by atoms with Crippen LogP contribution in [-0.2, 0) is 11.2 Å². The fourth-order valence-electron chi connectivity index (χ4n) is 2.08. The molecule has 20 heavy (non-hydrogen) atoms. The van der Waals surface area contributed by atoms with Gasteiger partial charge in [-0.2, -0.15) is 0 Å². The van der Waals surface area contributed by atoms with Gasteiger partial charge in [-0.3, -0.25) is 14.8 Å². The van der Waals surface area contributed by atoms with Crippen molar-refractivity contribution in [3.05, 3.63) is 53.6 Å². The van der Waals surface area contributed by atoms with E-state index in [-0.39, 0.29) is 18.4 Å². The number of nitrogens with zero attached hydrogens (tertiary/aromatic N) is 2. The van der Waals surface area contributed by atoms with Crippen molar-refractivity contribution in [3.63, 3.8) is 0 Å². The Morgan fingerprint density at radius 2 is 1.90 bits per heavy atom. The van der Waals surface area contributed by atoms with E-state index in [1.165, 1.54) is 0 Å². The molecule has 1 aromatic carbocycles. The number of primary amides is 1. The van der Waals surface area contributed by atoms with Crippen molar-refractivity contribution < 1.29 is 4.79 Å². The molecule has 1 atom stereocenters. The van der Waals surface area contributed by atoms with Gasteiger partial charge in [0.25, 0.3) is 0 Å².